The second-order valence-corrected chi connectivity index (χ2v) is 7.73. The standard InChI is InChI=1S/C21H21Cl4NO3/c22-18-13-17(27-12-9-20(24)25)14-19(23)21(18)28-11-6-2-5-10-26-29-15-16-7-3-1-4-8-16/h1,3-4,7-10,13-14H,2,5-6,11-12,15H2. The molecular formula is C21H21Cl4NO3. The number of hydrogen-bond donors (Lipinski definition) is 0. The first-order valence-corrected chi connectivity index (χ1v) is 10.5. The maximum atomic E-state index is 6.23. The summed E-state index contributed by atoms with van der Waals surface area (Å²) in [7, 11) is 0. The molecule has 156 valence electrons. The van der Waals surface area contributed by atoms with Crippen LogP contribution in [0.25, 0.3) is 0 Å². The van der Waals surface area contributed by atoms with Gasteiger partial charge in [-0.15, -0.1) is 0 Å². The van der Waals surface area contributed by atoms with Gasteiger partial charge in [0.15, 0.2) is 5.75 Å². The SMILES string of the molecule is ClC(Cl)=CCOc1cc(Cl)c(OCCCCC=NOCc2ccccc2)c(Cl)c1. The number of rotatable bonds is 12. The van der Waals surface area contributed by atoms with Gasteiger partial charge in [0.05, 0.1) is 16.7 Å². The van der Waals surface area contributed by atoms with E-state index in [1.807, 2.05) is 30.3 Å². The Morgan fingerprint density at radius 3 is 2.38 bits per heavy atom. The molecule has 0 spiro atoms. The third-order valence-corrected chi connectivity index (χ3v) is 4.53. The zero-order valence-electron chi connectivity index (χ0n) is 15.6. The van der Waals surface area contributed by atoms with Crippen molar-refractivity contribution >= 4 is 52.6 Å². The molecule has 2 aromatic rings. The van der Waals surface area contributed by atoms with Gasteiger partial charge in [-0.05, 0) is 30.9 Å². The molecule has 0 unspecified atom stereocenters. The predicted octanol–water partition coefficient (Wildman–Crippen LogP) is 7.44. The van der Waals surface area contributed by atoms with Crippen LogP contribution >= 0.6 is 46.4 Å². The summed E-state index contributed by atoms with van der Waals surface area (Å²) in [6.07, 6.45) is 5.81. The van der Waals surface area contributed by atoms with Crippen LogP contribution in [-0.4, -0.2) is 19.4 Å². The van der Waals surface area contributed by atoms with Gasteiger partial charge in [-0.25, -0.2) is 0 Å². The van der Waals surface area contributed by atoms with Gasteiger partial charge in [-0.1, -0.05) is 81.9 Å². The molecule has 4 nitrogen and oxygen atoms in total. The zero-order valence-corrected chi connectivity index (χ0v) is 18.6. The first kappa shape index (κ1) is 23.7. The molecule has 0 aliphatic heterocycles. The summed E-state index contributed by atoms with van der Waals surface area (Å²) < 4.78 is 11.3. The quantitative estimate of drug-likeness (QED) is 0.181. The van der Waals surface area contributed by atoms with Crippen molar-refractivity contribution in [2.45, 2.75) is 25.9 Å². The van der Waals surface area contributed by atoms with Crippen molar-refractivity contribution in [3.8, 4) is 11.5 Å². The molecule has 0 fully saturated rings. The van der Waals surface area contributed by atoms with Crippen LogP contribution in [-0.2, 0) is 11.4 Å². The zero-order chi connectivity index (χ0) is 20.9. The van der Waals surface area contributed by atoms with Crippen LogP contribution in [0.15, 0.2) is 58.2 Å². The second-order valence-electron chi connectivity index (χ2n) is 5.91. The van der Waals surface area contributed by atoms with Crippen molar-refractivity contribution < 1.29 is 14.3 Å². The molecule has 0 radical (unpaired) electrons. The number of benzene rings is 2. The Kier molecular flexibility index (Phi) is 11.1. The van der Waals surface area contributed by atoms with E-state index in [0.717, 1.165) is 24.8 Å². The maximum Gasteiger partial charge on any atom is 0.156 e. The van der Waals surface area contributed by atoms with E-state index in [-0.39, 0.29) is 11.1 Å². The molecule has 8 heteroatoms. The molecule has 0 aliphatic carbocycles. The Hall–Kier alpha value is -1.59. The maximum absolute atomic E-state index is 6.23. The van der Waals surface area contributed by atoms with Gasteiger partial charge in [0.25, 0.3) is 0 Å². The molecule has 0 bridgehead atoms. The van der Waals surface area contributed by atoms with Crippen molar-refractivity contribution in [3.05, 3.63) is 68.6 Å². The van der Waals surface area contributed by atoms with E-state index >= 15 is 0 Å². The number of oxime groups is 1. The lowest BCUT2D eigenvalue weighted by atomic mass is 10.2. The first-order chi connectivity index (χ1) is 14.1. The number of hydrogen-bond acceptors (Lipinski definition) is 4. The van der Waals surface area contributed by atoms with Gasteiger partial charge < -0.3 is 14.3 Å². The van der Waals surface area contributed by atoms with Crippen molar-refractivity contribution in [1.82, 2.24) is 0 Å². The molecule has 0 amide bonds. The molecule has 0 heterocycles. The highest BCUT2D eigenvalue weighted by molar-refractivity contribution is 6.55. The third kappa shape index (κ3) is 9.64. The predicted molar refractivity (Wildman–Crippen MR) is 121 cm³/mol. The molecule has 0 saturated carbocycles. The molecular weight excluding hydrogens is 456 g/mol. The summed E-state index contributed by atoms with van der Waals surface area (Å²) >= 11 is 23.5. The topological polar surface area (TPSA) is 40.0 Å². The minimum absolute atomic E-state index is 0.134. The number of halogens is 4. The summed E-state index contributed by atoms with van der Waals surface area (Å²) in [5.41, 5.74) is 1.09. The summed E-state index contributed by atoms with van der Waals surface area (Å²) in [5, 5.41) is 4.71. The fraction of sp³-hybridized carbons (Fsp3) is 0.286. The Balaban J connectivity index is 1.64. The summed E-state index contributed by atoms with van der Waals surface area (Å²) in [4.78, 5) is 5.25. The second kappa shape index (κ2) is 13.6. The Bertz CT molecular complexity index is 786. The van der Waals surface area contributed by atoms with Crippen LogP contribution in [0.1, 0.15) is 24.8 Å². The average Bonchev–Trinajstić information content (AvgIpc) is 2.69. The highest BCUT2D eigenvalue weighted by Gasteiger charge is 2.10. The smallest absolute Gasteiger partial charge is 0.156 e. The molecule has 0 atom stereocenters. The highest BCUT2D eigenvalue weighted by Crippen LogP contribution is 2.37. The molecule has 2 rings (SSSR count). The Morgan fingerprint density at radius 1 is 0.966 bits per heavy atom. The van der Waals surface area contributed by atoms with Crippen LogP contribution in [0.2, 0.25) is 10.0 Å². The van der Waals surface area contributed by atoms with Gasteiger partial charge in [0, 0.05) is 18.3 Å². The first-order valence-electron chi connectivity index (χ1n) is 9.00. The average molecular weight is 477 g/mol. The third-order valence-electron chi connectivity index (χ3n) is 3.66. The van der Waals surface area contributed by atoms with E-state index in [1.165, 1.54) is 6.08 Å². The number of nitrogens with zero attached hydrogens (tertiary/aromatic N) is 1. The summed E-state index contributed by atoms with van der Waals surface area (Å²) in [5.74, 6) is 0.941. The van der Waals surface area contributed by atoms with Crippen LogP contribution in [0.3, 0.4) is 0 Å². The van der Waals surface area contributed by atoms with E-state index < -0.39 is 0 Å². The molecule has 29 heavy (non-hydrogen) atoms. The Morgan fingerprint density at radius 2 is 1.69 bits per heavy atom. The van der Waals surface area contributed by atoms with Crippen molar-refractivity contribution in [2.24, 2.45) is 5.16 Å². The van der Waals surface area contributed by atoms with E-state index in [0.29, 0.717) is 34.8 Å². The normalized spacial score (nSPS) is 10.8. The van der Waals surface area contributed by atoms with Crippen LogP contribution in [0, 0.1) is 0 Å². The van der Waals surface area contributed by atoms with Gasteiger partial charge in [-0.3, -0.25) is 0 Å². The van der Waals surface area contributed by atoms with Gasteiger partial charge in [-0.2, -0.15) is 0 Å². The molecule has 0 aliphatic rings. The van der Waals surface area contributed by atoms with E-state index in [1.54, 1.807) is 18.3 Å². The van der Waals surface area contributed by atoms with Crippen molar-refractivity contribution in [2.75, 3.05) is 13.2 Å². The largest absolute Gasteiger partial charge is 0.490 e. The molecule has 0 aromatic heterocycles. The minimum atomic E-state index is 0.134. The van der Waals surface area contributed by atoms with E-state index in [2.05, 4.69) is 5.16 Å². The lowest BCUT2D eigenvalue weighted by Crippen LogP contribution is -2.00. The minimum Gasteiger partial charge on any atom is -0.490 e. The fourth-order valence-electron chi connectivity index (χ4n) is 2.26. The number of unbranched alkanes of at least 4 members (excludes halogenated alkanes) is 2. The fourth-order valence-corrected chi connectivity index (χ4v) is 2.96. The lowest BCUT2D eigenvalue weighted by molar-refractivity contribution is 0.131. The molecule has 0 N–H and O–H groups in total. The number of ether oxygens (including phenoxy) is 2. The van der Waals surface area contributed by atoms with Gasteiger partial charge >= 0.3 is 0 Å². The van der Waals surface area contributed by atoms with Crippen LogP contribution < -0.4 is 9.47 Å². The van der Waals surface area contributed by atoms with Gasteiger partial charge in [0.2, 0.25) is 0 Å². The van der Waals surface area contributed by atoms with Crippen molar-refractivity contribution in [1.29, 1.82) is 0 Å². The van der Waals surface area contributed by atoms with E-state index in [9.17, 15) is 0 Å². The molecule has 2 aromatic carbocycles. The van der Waals surface area contributed by atoms with Crippen molar-refractivity contribution in [3.63, 3.8) is 0 Å². The van der Waals surface area contributed by atoms with Gasteiger partial charge in [0.1, 0.15) is 23.5 Å². The highest BCUT2D eigenvalue weighted by atomic mass is 35.5. The van der Waals surface area contributed by atoms with E-state index in [4.69, 9.17) is 60.7 Å². The van der Waals surface area contributed by atoms with Crippen LogP contribution in [0.5, 0.6) is 11.5 Å². The Labute approximate surface area is 190 Å². The monoisotopic (exact) mass is 475 g/mol. The summed E-state index contributed by atoms with van der Waals surface area (Å²) in [6, 6.07) is 13.2. The lowest BCUT2D eigenvalue weighted by Gasteiger charge is -2.12. The van der Waals surface area contributed by atoms with Crippen LogP contribution in [0.4, 0.5) is 0 Å². The molecule has 0 saturated heterocycles. The summed E-state index contributed by atoms with van der Waals surface area (Å²) in [6.45, 7) is 1.17.